The number of carbonyl (C=O) groups excluding carboxylic acids is 1. The Labute approximate surface area is 197 Å². The molecule has 0 fully saturated rings. The Morgan fingerprint density at radius 3 is 2.35 bits per heavy atom. The molecule has 1 N–H and O–H groups in total. The Bertz CT molecular complexity index is 1230. The first-order valence-electron chi connectivity index (χ1n) is 10.4. The largest absolute Gasteiger partial charge is 0.493 e. The number of nitrogens with one attached hydrogen (secondary N) is 1. The molecule has 0 saturated carbocycles. The van der Waals surface area contributed by atoms with Crippen molar-refractivity contribution >= 4 is 17.7 Å². The van der Waals surface area contributed by atoms with Crippen LogP contribution >= 0.6 is 0 Å². The maximum Gasteiger partial charge on any atom is 0.280 e. The smallest absolute Gasteiger partial charge is 0.280 e. The van der Waals surface area contributed by atoms with Crippen molar-refractivity contribution in [3.63, 3.8) is 0 Å². The third kappa shape index (κ3) is 5.99. The summed E-state index contributed by atoms with van der Waals surface area (Å²) >= 11 is 0. The van der Waals surface area contributed by atoms with E-state index in [0.29, 0.717) is 0 Å². The lowest BCUT2D eigenvalue weighted by Gasteiger charge is -2.14. The van der Waals surface area contributed by atoms with Gasteiger partial charge in [0.15, 0.2) is 11.5 Å². The van der Waals surface area contributed by atoms with Gasteiger partial charge in [-0.1, -0.05) is 60.7 Å². The van der Waals surface area contributed by atoms with Gasteiger partial charge in [-0.05, 0) is 30.2 Å². The molecule has 3 aromatic carbocycles. The van der Waals surface area contributed by atoms with Crippen LogP contribution in [0, 0.1) is 21.4 Å². The summed E-state index contributed by atoms with van der Waals surface area (Å²) in [4.78, 5) is 23.8. The molecule has 8 heteroatoms. The van der Waals surface area contributed by atoms with E-state index in [0.717, 1.165) is 11.1 Å². The second kappa shape index (κ2) is 11.3. The predicted molar refractivity (Wildman–Crippen MR) is 127 cm³/mol. The van der Waals surface area contributed by atoms with Crippen molar-refractivity contribution in [2.24, 2.45) is 0 Å². The quantitative estimate of drug-likeness (QED) is 0.210. The Morgan fingerprint density at radius 1 is 1.12 bits per heavy atom. The van der Waals surface area contributed by atoms with Gasteiger partial charge in [-0.15, -0.1) is 0 Å². The molecule has 0 aromatic heterocycles. The number of nitrogens with zero attached hydrogens (tertiary/aromatic N) is 2. The number of amides is 1. The van der Waals surface area contributed by atoms with Crippen LogP contribution < -0.4 is 14.8 Å². The molecule has 34 heavy (non-hydrogen) atoms. The summed E-state index contributed by atoms with van der Waals surface area (Å²) in [7, 11) is 1.41. The van der Waals surface area contributed by atoms with Gasteiger partial charge in [0.25, 0.3) is 11.6 Å². The summed E-state index contributed by atoms with van der Waals surface area (Å²) < 4.78 is 11.1. The molecule has 0 saturated heterocycles. The lowest BCUT2D eigenvalue weighted by molar-refractivity contribution is -0.385. The predicted octanol–water partition coefficient (Wildman–Crippen LogP) is 4.97. The third-order valence-electron chi connectivity index (χ3n) is 5.06. The molecular weight excluding hydrogens is 434 g/mol. The molecule has 0 aliphatic heterocycles. The average molecular weight is 457 g/mol. The van der Waals surface area contributed by atoms with Crippen molar-refractivity contribution in [2.75, 3.05) is 7.11 Å². The highest BCUT2D eigenvalue weighted by molar-refractivity contribution is 6.02. The minimum Gasteiger partial charge on any atom is -0.493 e. The van der Waals surface area contributed by atoms with Gasteiger partial charge in [0.1, 0.15) is 18.2 Å². The second-order valence-electron chi connectivity index (χ2n) is 7.37. The van der Waals surface area contributed by atoms with E-state index in [1.165, 1.54) is 25.3 Å². The number of nitro groups is 1. The van der Waals surface area contributed by atoms with E-state index in [1.807, 2.05) is 66.7 Å². The van der Waals surface area contributed by atoms with Crippen molar-refractivity contribution in [3.8, 4) is 17.6 Å². The van der Waals surface area contributed by atoms with E-state index < -0.39 is 10.8 Å². The second-order valence-corrected chi connectivity index (χ2v) is 7.37. The number of carbonyl (C=O) groups is 1. The van der Waals surface area contributed by atoms with Crippen LogP contribution in [0.1, 0.15) is 29.7 Å². The van der Waals surface area contributed by atoms with Crippen LogP contribution in [-0.2, 0) is 11.4 Å². The molecule has 8 nitrogen and oxygen atoms in total. The molecule has 1 amide bonds. The molecule has 3 rings (SSSR count). The van der Waals surface area contributed by atoms with Crippen molar-refractivity contribution < 1.29 is 19.2 Å². The zero-order valence-corrected chi connectivity index (χ0v) is 18.7. The summed E-state index contributed by atoms with van der Waals surface area (Å²) in [5.41, 5.74) is 1.20. The van der Waals surface area contributed by atoms with Crippen LogP contribution in [0.5, 0.6) is 11.5 Å². The Kier molecular flexibility index (Phi) is 7.97. The summed E-state index contributed by atoms with van der Waals surface area (Å²) in [5.74, 6) is -0.226. The minimum atomic E-state index is -0.642. The number of hydrogen-bond donors (Lipinski definition) is 1. The molecule has 172 valence electrons. The number of nitro benzene ring substituents is 1. The first-order valence-corrected chi connectivity index (χ1v) is 10.4. The molecule has 0 aliphatic rings. The maximum absolute atomic E-state index is 12.7. The van der Waals surface area contributed by atoms with E-state index in [1.54, 1.807) is 6.92 Å². The number of benzene rings is 3. The van der Waals surface area contributed by atoms with Crippen molar-refractivity contribution in [1.29, 1.82) is 5.26 Å². The third-order valence-corrected chi connectivity index (χ3v) is 5.06. The Balaban J connectivity index is 1.89. The first-order chi connectivity index (χ1) is 16.4. The average Bonchev–Trinajstić information content (AvgIpc) is 2.86. The van der Waals surface area contributed by atoms with Gasteiger partial charge >= 0.3 is 0 Å². The van der Waals surface area contributed by atoms with Crippen LogP contribution in [0.2, 0.25) is 0 Å². The van der Waals surface area contributed by atoms with E-state index in [9.17, 15) is 20.2 Å². The van der Waals surface area contributed by atoms with Crippen molar-refractivity contribution in [1.82, 2.24) is 5.32 Å². The van der Waals surface area contributed by atoms with Crippen LogP contribution in [0.4, 0.5) is 5.69 Å². The van der Waals surface area contributed by atoms with E-state index in [4.69, 9.17) is 9.47 Å². The summed E-state index contributed by atoms with van der Waals surface area (Å²) in [6.45, 7) is 1.97. The van der Waals surface area contributed by atoms with Gasteiger partial charge in [0.2, 0.25) is 0 Å². The molecule has 0 unspecified atom stereocenters. The van der Waals surface area contributed by atoms with Crippen molar-refractivity contribution in [3.05, 3.63) is 105 Å². The number of rotatable bonds is 9. The van der Waals surface area contributed by atoms with Gasteiger partial charge in [-0.3, -0.25) is 14.9 Å². The van der Waals surface area contributed by atoms with Gasteiger partial charge in [0.05, 0.1) is 29.7 Å². The zero-order valence-electron chi connectivity index (χ0n) is 18.7. The Morgan fingerprint density at radius 2 is 1.76 bits per heavy atom. The number of nitriles is 1. The molecule has 0 radical (unpaired) electrons. The molecule has 0 aliphatic carbocycles. The normalized spacial score (nSPS) is 11.7. The van der Waals surface area contributed by atoms with Crippen LogP contribution in [0.3, 0.4) is 0 Å². The molecule has 0 bridgehead atoms. The number of ether oxygens (including phenoxy) is 2. The lowest BCUT2D eigenvalue weighted by atomic mass is 10.1. The standard InChI is InChI=1S/C26H23N3O5/c1-18(20-11-7-4-8-12-20)28-26(30)22(16-27)13-21-14-24(33-2)25(15-23(21)29(31)32)34-17-19-9-5-3-6-10-19/h3-15,18H,17H2,1-2H3,(H,28,30)/b22-13-/t18-/m0/s1. The van der Waals surface area contributed by atoms with Crippen LogP contribution in [0.15, 0.2) is 78.4 Å². The van der Waals surface area contributed by atoms with Gasteiger partial charge in [0, 0.05) is 0 Å². The van der Waals surface area contributed by atoms with Crippen LogP contribution in [-0.4, -0.2) is 17.9 Å². The van der Waals surface area contributed by atoms with Gasteiger partial charge < -0.3 is 14.8 Å². The first kappa shape index (κ1) is 24.0. The monoisotopic (exact) mass is 457 g/mol. The molecule has 1 atom stereocenters. The number of methoxy groups -OCH3 is 1. The SMILES string of the molecule is COc1cc(/C=C(/C#N)C(=O)N[C@@H](C)c2ccccc2)c([N+](=O)[O-])cc1OCc1ccccc1. The van der Waals surface area contributed by atoms with Crippen LogP contribution in [0.25, 0.3) is 6.08 Å². The fourth-order valence-electron chi connectivity index (χ4n) is 3.25. The maximum atomic E-state index is 12.7. The van der Waals surface area contributed by atoms with E-state index in [-0.39, 0.29) is 41.0 Å². The van der Waals surface area contributed by atoms with Crippen molar-refractivity contribution in [2.45, 2.75) is 19.6 Å². The summed E-state index contributed by atoms with van der Waals surface area (Å²) in [6.07, 6.45) is 1.18. The zero-order chi connectivity index (χ0) is 24.5. The minimum absolute atomic E-state index is 0.0491. The summed E-state index contributed by atoms with van der Waals surface area (Å²) in [5, 5.41) is 24.0. The molecular formula is C26H23N3O5. The highest BCUT2D eigenvalue weighted by Gasteiger charge is 2.21. The molecule has 3 aromatic rings. The summed E-state index contributed by atoms with van der Waals surface area (Å²) in [6, 6.07) is 22.7. The molecule has 0 spiro atoms. The highest BCUT2D eigenvalue weighted by Crippen LogP contribution is 2.36. The molecule has 0 heterocycles. The number of hydrogen-bond acceptors (Lipinski definition) is 6. The van der Waals surface area contributed by atoms with Gasteiger partial charge in [-0.2, -0.15) is 5.26 Å². The fourth-order valence-corrected chi connectivity index (χ4v) is 3.25. The van der Waals surface area contributed by atoms with E-state index >= 15 is 0 Å². The topological polar surface area (TPSA) is 114 Å². The van der Waals surface area contributed by atoms with Gasteiger partial charge in [-0.25, -0.2) is 0 Å². The van der Waals surface area contributed by atoms with E-state index in [2.05, 4.69) is 5.32 Å². The Hall–Kier alpha value is -4.64. The highest BCUT2D eigenvalue weighted by atomic mass is 16.6. The lowest BCUT2D eigenvalue weighted by Crippen LogP contribution is -2.27. The fraction of sp³-hybridized carbons (Fsp3) is 0.154.